The van der Waals surface area contributed by atoms with Gasteiger partial charge in [-0.15, -0.1) is 0 Å². The largest absolute Gasteiger partial charge is 0.453 e. The van der Waals surface area contributed by atoms with Gasteiger partial charge in [-0.3, -0.25) is 0 Å². The van der Waals surface area contributed by atoms with Gasteiger partial charge in [0.15, 0.2) is 4.67 Å². The summed E-state index contributed by atoms with van der Waals surface area (Å²) in [7, 11) is 0. The first kappa shape index (κ1) is 12.9. The number of benzene rings is 2. The molecule has 0 saturated carbocycles. The summed E-state index contributed by atoms with van der Waals surface area (Å²) in [5.41, 5.74) is 0.985. The highest BCUT2D eigenvalue weighted by Gasteiger charge is 2.17. The summed E-state index contributed by atoms with van der Waals surface area (Å²) >= 11 is 6.90. The molecular weight excluding hydrogens is 375 g/mol. The van der Waals surface area contributed by atoms with E-state index in [0.29, 0.717) is 10.1 Å². The van der Waals surface area contributed by atoms with Gasteiger partial charge in [0.1, 0.15) is 11.6 Å². The van der Waals surface area contributed by atoms with Crippen LogP contribution in [-0.4, -0.2) is 0 Å². The Morgan fingerprint density at radius 1 is 0.947 bits per heavy atom. The van der Waals surface area contributed by atoms with Crippen molar-refractivity contribution in [3.05, 3.63) is 70.3 Å². The van der Waals surface area contributed by atoms with Gasteiger partial charge in [-0.25, -0.2) is 4.39 Å². The molecule has 0 aliphatic heterocycles. The third kappa shape index (κ3) is 2.35. The average molecular weight is 384 g/mol. The number of hydrogen-bond donors (Lipinski definition) is 0. The Balaban J connectivity index is 2.18. The maximum absolute atomic E-state index is 13.8. The van der Waals surface area contributed by atoms with Crippen LogP contribution >= 0.6 is 31.9 Å². The first-order valence-corrected chi connectivity index (χ1v) is 7.44. The van der Waals surface area contributed by atoms with Crippen molar-refractivity contribution >= 4 is 42.6 Å². The molecule has 1 aromatic heterocycles. The molecule has 0 saturated heterocycles. The lowest BCUT2D eigenvalue weighted by Gasteiger charge is -2.11. The SMILES string of the molecule is Fc1ccc(C(Br)c2ccc(Br)o2)c2ccccc12. The Hall–Kier alpha value is -1.13. The number of alkyl halides is 1. The van der Waals surface area contributed by atoms with Crippen LogP contribution in [-0.2, 0) is 0 Å². The number of furan rings is 1. The van der Waals surface area contributed by atoms with Crippen molar-refractivity contribution in [3.8, 4) is 0 Å². The molecule has 96 valence electrons. The summed E-state index contributed by atoms with van der Waals surface area (Å²) in [5.74, 6) is 0.573. The van der Waals surface area contributed by atoms with E-state index in [1.54, 1.807) is 12.1 Å². The molecule has 3 aromatic rings. The maximum Gasteiger partial charge on any atom is 0.169 e. The highest BCUT2D eigenvalue weighted by molar-refractivity contribution is 9.10. The summed E-state index contributed by atoms with van der Waals surface area (Å²) in [4.78, 5) is -0.107. The highest BCUT2D eigenvalue weighted by Crippen LogP contribution is 2.37. The van der Waals surface area contributed by atoms with E-state index < -0.39 is 0 Å². The lowest BCUT2D eigenvalue weighted by Crippen LogP contribution is -1.93. The van der Waals surface area contributed by atoms with Crippen molar-refractivity contribution in [2.24, 2.45) is 0 Å². The fraction of sp³-hybridized carbons (Fsp3) is 0.0667. The predicted octanol–water partition coefficient (Wildman–Crippen LogP) is 5.82. The first-order chi connectivity index (χ1) is 9.16. The molecule has 0 aliphatic rings. The highest BCUT2D eigenvalue weighted by atomic mass is 79.9. The molecule has 4 heteroatoms. The Bertz CT molecular complexity index is 736. The zero-order chi connectivity index (χ0) is 13.4. The van der Waals surface area contributed by atoms with Gasteiger partial charge in [0.2, 0.25) is 0 Å². The van der Waals surface area contributed by atoms with E-state index in [0.717, 1.165) is 16.7 Å². The maximum atomic E-state index is 13.8. The van der Waals surface area contributed by atoms with Gasteiger partial charge in [-0.1, -0.05) is 46.3 Å². The Morgan fingerprint density at radius 2 is 1.68 bits per heavy atom. The lowest BCUT2D eigenvalue weighted by molar-refractivity contribution is 0.497. The molecule has 0 spiro atoms. The van der Waals surface area contributed by atoms with Gasteiger partial charge in [0, 0.05) is 5.39 Å². The van der Waals surface area contributed by atoms with E-state index in [2.05, 4.69) is 31.9 Å². The number of fused-ring (bicyclic) bond motifs is 1. The van der Waals surface area contributed by atoms with Crippen molar-refractivity contribution in [1.82, 2.24) is 0 Å². The van der Waals surface area contributed by atoms with Crippen LogP contribution in [0.15, 0.2) is 57.6 Å². The van der Waals surface area contributed by atoms with Crippen LogP contribution in [0.25, 0.3) is 10.8 Å². The number of halogens is 3. The molecule has 0 amide bonds. The minimum absolute atomic E-state index is 0.107. The van der Waals surface area contributed by atoms with E-state index in [1.807, 2.05) is 30.3 Å². The van der Waals surface area contributed by atoms with Gasteiger partial charge in [0.05, 0.1) is 4.83 Å². The quantitative estimate of drug-likeness (QED) is 0.508. The van der Waals surface area contributed by atoms with Crippen LogP contribution in [0.3, 0.4) is 0 Å². The Kier molecular flexibility index (Phi) is 3.46. The van der Waals surface area contributed by atoms with Gasteiger partial charge in [-0.2, -0.15) is 0 Å². The molecule has 0 radical (unpaired) electrons. The summed E-state index contributed by atoms with van der Waals surface area (Å²) in [6, 6.07) is 14.4. The van der Waals surface area contributed by atoms with Crippen molar-refractivity contribution in [3.63, 3.8) is 0 Å². The molecule has 1 atom stereocenters. The first-order valence-electron chi connectivity index (χ1n) is 5.73. The summed E-state index contributed by atoms with van der Waals surface area (Å²) in [6.45, 7) is 0. The normalized spacial score (nSPS) is 12.8. The smallest absolute Gasteiger partial charge is 0.169 e. The van der Waals surface area contributed by atoms with Crippen molar-refractivity contribution in [1.29, 1.82) is 0 Å². The van der Waals surface area contributed by atoms with Gasteiger partial charge >= 0.3 is 0 Å². The van der Waals surface area contributed by atoms with Gasteiger partial charge in [0.25, 0.3) is 0 Å². The minimum atomic E-state index is -0.209. The second-order valence-corrected chi connectivity index (χ2v) is 5.88. The molecule has 2 aromatic carbocycles. The number of hydrogen-bond acceptors (Lipinski definition) is 1. The predicted molar refractivity (Wildman–Crippen MR) is 81.1 cm³/mol. The summed E-state index contributed by atoms with van der Waals surface area (Å²) in [6.07, 6.45) is 0. The zero-order valence-electron chi connectivity index (χ0n) is 9.74. The van der Waals surface area contributed by atoms with E-state index >= 15 is 0 Å². The number of rotatable bonds is 2. The van der Waals surface area contributed by atoms with Crippen LogP contribution in [0, 0.1) is 5.82 Å². The molecule has 1 heterocycles. The van der Waals surface area contributed by atoms with Crippen LogP contribution in [0.5, 0.6) is 0 Å². The molecule has 1 unspecified atom stereocenters. The fourth-order valence-electron chi connectivity index (χ4n) is 2.12. The van der Waals surface area contributed by atoms with Crippen molar-refractivity contribution in [2.45, 2.75) is 4.83 Å². The summed E-state index contributed by atoms with van der Waals surface area (Å²) < 4.78 is 20.0. The average Bonchev–Trinajstić information content (AvgIpc) is 2.86. The standard InChI is InChI=1S/C15H9Br2FO/c16-14-8-7-13(19-14)15(17)11-5-6-12(18)10-4-2-1-3-9(10)11/h1-8,15H. The molecule has 0 fully saturated rings. The van der Waals surface area contributed by atoms with Crippen LogP contribution in [0.2, 0.25) is 0 Å². The van der Waals surface area contributed by atoms with Crippen LogP contribution < -0.4 is 0 Å². The minimum Gasteiger partial charge on any atom is -0.453 e. The molecule has 19 heavy (non-hydrogen) atoms. The second-order valence-electron chi connectivity index (χ2n) is 4.19. The topological polar surface area (TPSA) is 13.1 Å². The molecule has 0 N–H and O–H groups in total. The zero-order valence-corrected chi connectivity index (χ0v) is 12.9. The van der Waals surface area contributed by atoms with Gasteiger partial charge < -0.3 is 4.42 Å². The van der Waals surface area contributed by atoms with E-state index in [4.69, 9.17) is 4.42 Å². The second kappa shape index (κ2) is 5.10. The molecule has 0 aliphatic carbocycles. The van der Waals surface area contributed by atoms with Crippen LogP contribution in [0.1, 0.15) is 16.2 Å². The van der Waals surface area contributed by atoms with Crippen LogP contribution in [0.4, 0.5) is 4.39 Å². The third-order valence-corrected chi connectivity index (χ3v) is 4.39. The molecule has 3 rings (SSSR count). The Labute approximate surface area is 126 Å². The summed E-state index contributed by atoms with van der Waals surface area (Å²) in [5, 5.41) is 1.51. The molecule has 1 nitrogen and oxygen atoms in total. The molecule has 0 bridgehead atoms. The third-order valence-electron chi connectivity index (χ3n) is 3.02. The van der Waals surface area contributed by atoms with Crippen molar-refractivity contribution in [2.75, 3.05) is 0 Å². The van der Waals surface area contributed by atoms with Gasteiger partial charge in [-0.05, 0) is 45.1 Å². The van der Waals surface area contributed by atoms with E-state index in [1.165, 1.54) is 6.07 Å². The van der Waals surface area contributed by atoms with E-state index in [9.17, 15) is 4.39 Å². The Morgan fingerprint density at radius 3 is 2.37 bits per heavy atom. The van der Waals surface area contributed by atoms with Crippen molar-refractivity contribution < 1.29 is 8.81 Å². The lowest BCUT2D eigenvalue weighted by atomic mass is 10.0. The fourth-order valence-corrected chi connectivity index (χ4v) is 3.09. The molecular formula is C15H9Br2FO. The monoisotopic (exact) mass is 382 g/mol. The van der Waals surface area contributed by atoms with E-state index in [-0.39, 0.29) is 10.6 Å².